The largest absolute Gasteiger partial charge is 0.478 e. The average Bonchev–Trinajstić information content (AvgIpc) is 3.20. The van der Waals surface area contributed by atoms with E-state index in [1.165, 1.54) is 16.9 Å². The Bertz CT molecular complexity index is 1470. The molecule has 4 aromatic rings. The average molecular weight is 490 g/mol. The molecule has 1 N–H and O–H groups in total. The van der Waals surface area contributed by atoms with Crippen molar-refractivity contribution in [3.05, 3.63) is 52.7 Å². The molecule has 0 radical (unpaired) electrons. The standard InChI is InChI=1S/C27H27N3O4S/c1-15-19(16-7-5-4-6-8-16)21(26(31)32)23-22(28-15)20-18-14-34-27(2,3)13-17(18)24(29-25(20)35-23)30-9-11-33-12-10-30/h4-8H,9-14H2,1-3H3,(H,31,32). The summed E-state index contributed by atoms with van der Waals surface area (Å²) in [5.41, 5.74) is 5.17. The number of ether oxygens (including phenoxy) is 2. The summed E-state index contributed by atoms with van der Waals surface area (Å²) in [6.07, 6.45) is 0.738. The van der Waals surface area contributed by atoms with Crippen LogP contribution in [0.5, 0.6) is 0 Å². The number of fused-ring (bicyclic) bond motifs is 5. The molecule has 2 aliphatic rings. The van der Waals surface area contributed by atoms with Gasteiger partial charge in [-0.2, -0.15) is 0 Å². The fourth-order valence-corrected chi connectivity index (χ4v) is 6.48. The van der Waals surface area contributed by atoms with Gasteiger partial charge in [-0.25, -0.2) is 9.78 Å². The number of thiophene rings is 1. The first-order valence-electron chi connectivity index (χ1n) is 11.9. The van der Waals surface area contributed by atoms with E-state index in [1.54, 1.807) is 0 Å². The molecule has 180 valence electrons. The number of aromatic carboxylic acids is 1. The SMILES string of the molecule is Cc1nc2c(sc3nc(N4CCOCC4)c4c(c32)COC(C)(C)C4)c(C(=O)O)c1-c1ccccc1. The van der Waals surface area contributed by atoms with Crippen LogP contribution in [0.1, 0.15) is 41.0 Å². The number of anilines is 1. The first-order chi connectivity index (χ1) is 16.8. The second-order valence-corrected chi connectivity index (χ2v) is 10.8. The number of aryl methyl sites for hydroxylation is 1. The second kappa shape index (κ2) is 8.26. The van der Waals surface area contributed by atoms with Gasteiger partial charge in [0, 0.05) is 41.7 Å². The van der Waals surface area contributed by atoms with Gasteiger partial charge in [-0.15, -0.1) is 11.3 Å². The van der Waals surface area contributed by atoms with Crippen LogP contribution in [-0.2, 0) is 22.5 Å². The number of hydrogen-bond acceptors (Lipinski definition) is 7. The summed E-state index contributed by atoms with van der Waals surface area (Å²) in [6.45, 7) is 9.46. The molecule has 0 aliphatic carbocycles. The van der Waals surface area contributed by atoms with Crippen LogP contribution < -0.4 is 4.90 Å². The Morgan fingerprint density at radius 3 is 2.57 bits per heavy atom. The van der Waals surface area contributed by atoms with Crippen molar-refractivity contribution < 1.29 is 19.4 Å². The Hall–Kier alpha value is -3.07. The van der Waals surface area contributed by atoms with Crippen LogP contribution in [0.3, 0.4) is 0 Å². The highest BCUT2D eigenvalue weighted by atomic mass is 32.1. The van der Waals surface area contributed by atoms with Crippen molar-refractivity contribution in [2.75, 3.05) is 31.2 Å². The maximum atomic E-state index is 12.6. The van der Waals surface area contributed by atoms with E-state index in [4.69, 9.17) is 19.4 Å². The first kappa shape index (κ1) is 22.4. The van der Waals surface area contributed by atoms with E-state index in [1.807, 2.05) is 37.3 Å². The number of morpholine rings is 1. The summed E-state index contributed by atoms with van der Waals surface area (Å²) < 4.78 is 12.5. The Kier molecular flexibility index (Phi) is 5.28. The number of pyridine rings is 2. The Morgan fingerprint density at radius 2 is 1.86 bits per heavy atom. The van der Waals surface area contributed by atoms with Crippen LogP contribution >= 0.6 is 11.3 Å². The topological polar surface area (TPSA) is 84.8 Å². The molecule has 0 atom stereocenters. The predicted octanol–water partition coefficient (Wildman–Crippen LogP) is 5.21. The quantitative estimate of drug-likeness (QED) is 0.423. The van der Waals surface area contributed by atoms with Gasteiger partial charge in [0.1, 0.15) is 10.6 Å². The number of hydrogen-bond donors (Lipinski definition) is 1. The highest BCUT2D eigenvalue weighted by molar-refractivity contribution is 7.25. The lowest BCUT2D eigenvalue weighted by atomic mass is 9.90. The van der Waals surface area contributed by atoms with Crippen molar-refractivity contribution in [2.45, 2.75) is 39.4 Å². The number of carboxylic acid groups (broad SMARTS) is 1. The van der Waals surface area contributed by atoms with Crippen LogP contribution in [0.4, 0.5) is 5.82 Å². The van der Waals surface area contributed by atoms with Gasteiger partial charge in [-0.3, -0.25) is 4.98 Å². The summed E-state index contributed by atoms with van der Waals surface area (Å²) in [6, 6.07) is 9.63. The molecule has 35 heavy (non-hydrogen) atoms. The van der Waals surface area contributed by atoms with Crippen molar-refractivity contribution in [1.82, 2.24) is 9.97 Å². The van der Waals surface area contributed by atoms with E-state index in [-0.39, 0.29) is 5.60 Å². The number of nitrogens with zero attached hydrogens (tertiary/aromatic N) is 3. The van der Waals surface area contributed by atoms with Crippen LogP contribution in [0.15, 0.2) is 30.3 Å². The zero-order chi connectivity index (χ0) is 24.3. The smallest absolute Gasteiger partial charge is 0.337 e. The van der Waals surface area contributed by atoms with Gasteiger partial charge in [-0.05, 0) is 31.9 Å². The number of carboxylic acids is 1. The molecule has 5 heterocycles. The third-order valence-electron chi connectivity index (χ3n) is 6.92. The predicted molar refractivity (Wildman–Crippen MR) is 138 cm³/mol. The van der Waals surface area contributed by atoms with Crippen LogP contribution in [0.25, 0.3) is 31.6 Å². The van der Waals surface area contributed by atoms with Crippen molar-refractivity contribution in [2.24, 2.45) is 0 Å². The van der Waals surface area contributed by atoms with Gasteiger partial charge in [0.25, 0.3) is 0 Å². The minimum absolute atomic E-state index is 0.292. The molecule has 1 fully saturated rings. The number of carbonyl (C=O) groups is 1. The zero-order valence-corrected chi connectivity index (χ0v) is 20.9. The molecule has 0 amide bonds. The Labute approximate surface area is 207 Å². The molecule has 0 unspecified atom stereocenters. The van der Waals surface area contributed by atoms with Gasteiger partial charge in [0.15, 0.2) is 0 Å². The van der Waals surface area contributed by atoms with Crippen molar-refractivity contribution in [3.63, 3.8) is 0 Å². The van der Waals surface area contributed by atoms with E-state index in [0.29, 0.717) is 46.9 Å². The Balaban J connectivity index is 1.68. The third kappa shape index (κ3) is 3.67. The highest BCUT2D eigenvalue weighted by Gasteiger charge is 2.34. The molecule has 0 spiro atoms. The van der Waals surface area contributed by atoms with E-state index >= 15 is 0 Å². The maximum Gasteiger partial charge on any atom is 0.337 e. The molecule has 6 rings (SSSR count). The lowest BCUT2D eigenvalue weighted by Crippen LogP contribution is -2.39. The Morgan fingerprint density at radius 1 is 1.11 bits per heavy atom. The molecule has 0 bridgehead atoms. The van der Waals surface area contributed by atoms with Gasteiger partial charge in [0.05, 0.1) is 41.2 Å². The lowest BCUT2D eigenvalue weighted by molar-refractivity contribution is -0.0393. The molecule has 1 saturated heterocycles. The van der Waals surface area contributed by atoms with Crippen LogP contribution in [0, 0.1) is 6.92 Å². The monoisotopic (exact) mass is 489 g/mol. The van der Waals surface area contributed by atoms with E-state index in [9.17, 15) is 9.90 Å². The molecule has 7 nitrogen and oxygen atoms in total. The minimum atomic E-state index is -0.953. The van der Waals surface area contributed by atoms with E-state index < -0.39 is 5.97 Å². The van der Waals surface area contributed by atoms with Crippen LogP contribution in [-0.4, -0.2) is 52.9 Å². The number of rotatable bonds is 3. The summed E-state index contributed by atoms with van der Waals surface area (Å²) in [5, 5.41) is 11.3. The van der Waals surface area contributed by atoms with E-state index in [2.05, 4.69) is 18.7 Å². The zero-order valence-electron chi connectivity index (χ0n) is 20.1. The van der Waals surface area contributed by atoms with Gasteiger partial charge < -0.3 is 19.5 Å². The second-order valence-electron chi connectivity index (χ2n) is 9.80. The van der Waals surface area contributed by atoms with E-state index in [0.717, 1.165) is 46.7 Å². The van der Waals surface area contributed by atoms with Gasteiger partial charge in [0.2, 0.25) is 0 Å². The third-order valence-corrected chi connectivity index (χ3v) is 8.01. The highest BCUT2D eigenvalue weighted by Crippen LogP contribution is 2.45. The minimum Gasteiger partial charge on any atom is -0.478 e. The van der Waals surface area contributed by atoms with Crippen molar-refractivity contribution in [3.8, 4) is 11.1 Å². The van der Waals surface area contributed by atoms with Crippen LogP contribution in [0.2, 0.25) is 0 Å². The molecular formula is C27H27N3O4S. The number of aromatic nitrogens is 2. The maximum absolute atomic E-state index is 12.6. The summed E-state index contributed by atoms with van der Waals surface area (Å²) >= 11 is 1.42. The number of benzene rings is 1. The molecule has 2 aliphatic heterocycles. The summed E-state index contributed by atoms with van der Waals surface area (Å²) in [4.78, 5) is 25.9. The van der Waals surface area contributed by atoms with Crippen molar-refractivity contribution >= 4 is 43.6 Å². The summed E-state index contributed by atoms with van der Waals surface area (Å²) in [7, 11) is 0. The molecule has 1 aromatic carbocycles. The molecular weight excluding hydrogens is 462 g/mol. The van der Waals surface area contributed by atoms with Crippen molar-refractivity contribution in [1.29, 1.82) is 0 Å². The molecule has 0 saturated carbocycles. The normalized spacial score (nSPS) is 17.6. The summed E-state index contributed by atoms with van der Waals surface area (Å²) in [5.74, 6) is 0.0150. The fourth-order valence-electron chi connectivity index (χ4n) is 5.29. The molecule has 3 aromatic heterocycles. The first-order valence-corrected chi connectivity index (χ1v) is 12.7. The van der Waals surface area contributed by atoms with Gasteiger partial charge in [-0.1, -0.05) is 30.3 Å². The molecule has 8 heteroatoms. The van der Waals surface area contributed by atoms with Gasteiger partial charge >= 0.3 is 5.97 Å². The lowest BCUT2D eigenvalue weighted by Gasteiger charge is -2.36. The fraction of sp³-hybridized carbons (Fsp3) is 0.370.